The fraction of sp³-hybridized carbons (Fsp3) is 0.333. The molecule has 1 atom stereocenters. The zero-order valence-corrected chi connectivity index (χ0v) is 10.8. The van der Waals surface area contributed by atoms with E-state index in [0.29, 0.717) is 0 Å². The van der Waals surface area contributed by atoms with Crippen molar-refractivity contribution in [3.8, 4) is 0 Å². The maximum absolute atomic E-state index is 11.5. The molecule has 0 spiro atoms. The smallest absolute Gasteiger partial charge is 0.338 e. The Labute approximate surface area is 107 Å². The van der Waals surface area contributed by atoms with E-state index in [1.165, 1.54) is 4.90 Å². The van der Waals surface area contributed by atoms with E-state index in [9.17, 15) is 4.79 Å². The lowest BCUT2D eigenvalue weighted by molar-refractivity contribution is 0.222. The van der Waals surface area contributed by atoms with Crippen molar-refractivity contribution in [1.29, 1.82) is 0 Å². The van der Waals surface area contributed by atoms with Gasteiger partial charge >= 0.3 is 6.03 Å². The van der Waals surface area contributed by atoms with Gasteiger partial charge in [-0.25, -0.2) is 15.2 Å². The Kier molecular flexibility index (Phi) is 5.13. The number of benzene rings is 1. The topological polar surface area (TPSA) is 82.8 Å². The lowest BCUT2D eigenvalue weighted by atomic mass is 10.1. The molecule has 2 amide bonds. The van der Waals surface area contributed by atoms with Crippen LogP contribution in [0.2, 0.25) is 0 Å². The van der Waals surface area contributed by atoms with Crippen molar-refractivity contribution < 1.29 is 4.79 Å². The number of hydrogen-bond donors (Lipinski definition) is 3. The highest BCUT2D eigenvalue weighted by Crippen LogP contribution is 2.15. The minimum atomic E-state index is -0.362. The number of carbonyl (C=O) groups excluding carboxylic acids is 1. The minimum absolute atomic E-state index is 0.101. The average molecular weight is 249 g/mol. The van der Waals surface area contributed by atoms with E-state index in [0.717, 1.165) is 5.56 Å². The molecule has 1 unspecified atom stereocenters. The van der Waals surface area contributed by atoms with Crippen LogP contribution in [0.3, 0.4) is 0 Å². The number of nitrogens with zero attached hydrogens (tertiary/aromatic N) is 2. The van der Waals surface area contributed by atoms with E-state index in [2.05, 4.69) is 15.8 Å². The first-order valence-corrected chi connectivity index (χ1v) is 5.65. The fourth-order valence-corrected chi connectivity index (χ4v) is 1.39. The van der Waals surface area contributed by atoms with Gasteiger partial charge in [-0.05, 0) is 12.5 Å². The molecule has 0 bridgehead atoms. The van der Waals surface area contributed by atoms with Gasteiger partial charge in [-0.15, -0.1) is 0 Å². The predicted octanol–water partition coefficient (Wildman–Crippen LogP) is 0.838. The first-order chi connectivity index (χ1) is 8.56. The van der Waals surface area contributed by atoms with Crippen molar-refractivity contribution in [2.75, 3.05) is 14.1 Å². The zero-order valence-electron chi connectivity index (χ0n) is 10.8. The Hall–Kier alpha value is -2.08. The number of urea groups is 1. The number of amides is 2. The van der Waals surface area contributed by atoms with E-state index in [4.69, 9.17) is 5.73 Å². The highest BCUT2D eigenvalue weighted by Gasteiger charge is 2.12. The number of guanidine groups is 1. The number of hydrogen-bond acceptors (Lipinski definition) is 3. The van der Waals surface area contributed by atoms with Crippen LogP contribution in [0, 0.1) is 0 Å². The van der Waals surface area contributed by atoms with Crippen LogP contribution >= 0.6 is 0 Å². The third-order valence-corrected chi connectivity index (χ3v) is 2.49. The van der Waals surface area contributed by atoms with Gasteiger partial charge in [-0.1, -0.05) is 30.3 Å². The summed E-state index contributed by atoms with van der Waals surface area (Å²) in [7, 11) is 3.16. The van der Waals surface area contributed by atoms with Crippen LogP contribution in [0.1, 0.15) is 18.5 Å². The highest BCUT2D eigenvalue weighted by molar-refractivity contribution is 5.94. The van der Waals surface area contributed by atoms with E-state index in [1.54, 1.807) is 14.1 Å². The van der Waals surface area contributed by atoms with Gasteiger partial charge in [-0.3, -0.25) is 10.3 Å². The van der Waals surface area contributed by atoms with Gasteiger partial charge in [0, 0.05) is 14.1 Å². The number of nitrogens with two attached hydrogens (primary N) is 1. The van der Waals surface area contributed by atoms with E-state index >= 15 is 0 Å². The van der Waals surface area contributed by atoms with Crippen LogP contribution in [-0.4, -0.2) is 31.0 Å². The molecule has 6 heteroatoms. The Balaban J connectivity index is 2.74. The van der Waals surface area contributed by atoms with Gasteiger partial charge in [0.25, 0.3) is 0 Å². The summed E-state index contributed by atoms with van der Waals surface area (Å²) in [6.45, 7) is 1.92. The zero-order chi connectivity index (χ0) is 13.5. The summed E-state index contributed by atoms with van der Waals surface area (Å²) in [6, 6.07) is 9.29. The molecular weight excluding hydrogens is 230 g/mol. The molecule has 18 heavy (non-hydrogen) atoms. The first-order valence-electron chi connectivity index (χ1n) is 5.65. The normalized spacial score (nSPS) is 12.9. The average Bonchev–Trinajstić information content (AvgIpc) is 2.39. The molecule has 1 rings (SSSR count). The number of rotatable bonds is 3. The van der Waals surface area contributed by atoms with Crippen molar-refractivity contribution >= 4 is 12.0 Å². The summed E-state index contributed by atoms with van der Waals surface area (Å²) in [5, 5.41) is 0. The Bertz CT molecular complexity index is 418. The summed E-state index contributed by atoms with van der Waals surface area (Å²) >= 11 is 0. The highest BCUT2D eigenvalue weighted by atomic mass is 16.2. The van der Waals surface area contributed by atoms with Gasteiger partial charge in [0.05, 0.1) is 6.04 Å². The molecule has 1 aromatic rings. The van der Waals surface area contributed by atoms with Crippen LogP contribution in [0.15, 0.2) is 35.3 Å². The molecule has 0 saturated carbocycles. The van der Waals surface area contributed by atoms with E-state index in [1.807, 2.05) is 37.3 Å². The van der Waals surface area contributed by atoms with Crippen LogP contribution in [0.4, 0.5) is 4.79 Å². The molecule has 4 N–H and O–H groups in total. The summed E-state index contributed by atoms with van der Waals surface area (Å²) in [6.07, 6.45) is 0. The van der Waals surface area contributed by atoms with Gasteiger partial charge < -0.3 is 5.73 Å². The van der Waals surface area contributed by atoms with Crippen LogP contribution in [0.25, 0.3) is 0 Å². The Morgan fingerprint density at radius 1 is 1.39 bits per heavy atom. The molecular formula is C12H19N5O. The van der Waals surface area contributed by atoms with Gasteiger partial charge in [0.2, 0.25) is 0 Å². The summed E-state index contributed by atoms with van der Waals surface area (Å²) in [5.74, 6) is 0.166. The van der Waals surface area contributed by atoms with Crippen molar-refractivity contribution in [3.63, 3.8) is 0 Å². The van der Waals surface area contributed by atoms with Crippen LogP contribution < -0.4 is 16.6 Å². The minimum Gasteiger partial charge on any atom is -0.369 e. The number of hydrazine groups is 1. The largest absolute Gasteiger partial charge is 0.369 e. The standard InChI is InChI=1S/C12H19N5O/c1-9(10-7-5-4-6-8-10)15-11(13)17(3)12(18)16-14-2/h4-9,14H,1-3H3,(H2,13,15)(H,16,18). The van der Waals surface area contributed by atoms with Crippen LogP contribution in [-0.2, 0) is 0 Å². The number of carbonyl (C=O) groups is 1. The molecule has 0 heterocycles. The molecule has 0 saturated heterocycles. The summed E-state index contributed by atoms with van der Waals surface area (Å²) in [5.41, 5.74) is 11.8. The van der Waals surface area contributed by atoms with Gasteiger partial charge in [0.15, 0.2) is 5.96 Å². The monoisotopic (exact) mass is 249 g/mol. The fourth-order valence-electron chi connectivity index (χ4n) is 1.39. The molecule has 0 aromatic heterocycles. The first kappa shape index (κ1) is 14.0. The third kappa shape index (κ3) is 3.74. The Morgan fingerprint density at radius 2 is 2.00 bits per heavy atom. The quantitative estimate of drug-likeness (QED) is 0.421. The molecule has 0 radical (unpaired) electrons. The second-order valence-electron chi connectivity index (χ2n) is 3.81. The third-order valence-electron chi connectivity index (χ3n) is 2.49. The lowest BCUT2D eigenvalue weighted by Crippen LogP contribution is -2.48. The molecule has 0 aliphatic heterocycles. The van der Waals surface area contributed by atoms with Crippen LogP contribution in [0.5, 0.6) is 0 Å². The second-order valence-corrected chi connectivity index (χ2v) is 3.81. The molecule has 0 fully saturated rings. The van der Waals surface area contributed by atoms with Gasteiger partial charge in [0.1, 0.15) is 0 Å². The van der Waals surface area contributed by atoms with E-state index in [-0.39, 0.29) is 18.0 Å². The van der Waals surface area contributed by atoms with Crippen molar-refractivity contribution in [2.24, 2.45) is 10.7 Å². The second kappa shape index (κ2) is 6.61. The SMILES string of the molecule is CNNC(=O)N(C)/C(N)=N\C(C)c1ccccc1. The summed E-state index contributed by atoms with van der Waals surface area (Å²) < 4.78 is 0. The number of aliphatic imine (C=N–C) groups is 1. The Morgan fingerprint density at radius 3 is 2.56 bits per heavy atom. The maximum Gasteiger partial charge on any atom is 0.338 e. The van der Waals surface area contributed by atoms with Crippen molar-refractivity contribution in [3.05, 3.63) is 35.9 Å². The molecule has 1 aromatic carbocycles. The van der Waals surface area contributed by atoms with E-state index < -0.39 is 0 Å². The molecule has 0 aliphatic carbocycles. The molecule has 6 nitrogen and oxygen atoms in total. The maximum atomic E-state index is 11.5. The summed E-state index contributed by atoms with van der Waals surface area (Å²) in [4.78, 5) is 17.0. The predicted molar refractivity (Wildman–Crippen MR) is 71.8 cm³/mol. The lowest BCUT2D eigenvalue weighted by Gasteiger charge is -2.18. The molecule has 98 valence electrons. The van der Waals surface area contributed by atoms with Crippen molar-refractivity contribution in [2.45, 2.75) is 13.0 Å². The van der Waals surface area contributed by atoms with Crippen molar-refractivity contribution in [1.82, 2.24) is 15.8 Å². The molecule has 0 aliphatic rings. The number of nitrogens with one attached hydrogen (secondary N) is 2. The van der Waals surface area contributed by atoms with Gasteiger partial charge in [-0.2, -0.15) is 0 Å².